The molecule has 0 aliphatic carbocycles. The van der Waals surface area contributed by atoms with E-state index >= 15 is 0 Å². The topological polar surface area (TPSA) is 58.6 Å². The maximum atomic E-state index is 13.4. The SMILES string of the molecule is CC(=O)c1cc(F)c(C)cc1Sc1ncn[nH]1. The van der Waals surface area contributed by atoms with Gasteiger partial charge >= 0.3 is 0 Å². The summed E-state index contributed by atoms with van der Waals surface area (Å²) in [5.41, 5.74) is 0.853. The Labute approximate surface area is 102 Å². The number of Topliss-reactive ketones (excluding diaryl/α,β-unsaturated/α-hetero) is 1. The second kappa shape index (κ2) is 4.67. The molecule has 17 heavy (non-hydrogen) atoms. The minimum absolute atomic E-state index is 0.175. The van der Waals surface area contributed by atoms with Crippen molar-refractivity contribution in [3.8, 4) is 0 Å². The van der Waals surface area contributed by atoms with Gasteiger partial charge in [-0.05, 0) is 43.3 Å². The van der Waals surface area contributed by atoms with Gasteiger partial charge in [0.15, 0.2) is 10.9 Å². The van der Waals surface area contributed by atoms with Gasteiger partial charge in [-0.1, -0.05) is 0 Å². The maximum absolute atomic E-state index is 13.4. The average molecular weight is 251 g/mol. The number of H-pyrrole nitrogens is 1. The first-order chi connectivity index (χ1) is 8.08. The van der Waals surface area contributed by atoms with Gasteiger partial charge in [-0.2, -0.15) is 5.10 Å². The second-order valence-electron chi connectivity index (χ2n) is 3.55. The zero-order chi connectivity index (χ0) is 12.4. The van der Waals surface area contributed by atoms with Crippen LogP contribution in [0.4, 0.5) is 4.39 Å². The Hall–Kier alpha value is -1.69. The van der Waals surface area contributed by atoms with E-state index in [0.717, 1.165) is 0 Å². The largest absolute Gasteiger partial charge is 0.294 e. The Morgan fingerprint density at radius 3 is 2.82 bits per heavy atom. The Kier molecular flexibility index (Phi) is 3.23. The number of aromatic amines is 1. The van der Waals surface area contributed by atoms with Crippen molar-refractivity contribution >= 4 is 17.5 Å². The Morgan fingerprint density at radius 2 is 2.24 bits per heavy atom. The molecule has 2 aromatic rings. The molecule has 0 aliphatic rings. The number of nitrogens with zero attached hydrogens (tertiary/aromatic N) is 2. The second-order valence-corrected chi connectivity index (χ2v) is 4.58. The third-order valence-corrected chi connectivity index (χ3v) is 3.19. The van der Waals surface area contributed by atoms with Crippen molar-refractivity contribution in [1.82, 2.24) is 15.2 Å². The summed E-state index contributed by atoms with van der Waals surface area (Å²) >= 11 is 1.26. The molecular weight excluding hydrogens is 241 g/mol. The van der Waals surface area contributed by atoms with E-state index in [0.29, 0.717) is 21.2 Å². The van der Waals surface area contributed by atoms with Gasteiger partial charge in [0, 0.05) is 10.5 Å². The number of aromatic nitrogens is 3. The molecule has 0 fully saturated rings. The molecule has 4 nitrogen and oxygen atoms in total. The van der Waals surface area contributed by atoms with E-state index in [2.05, 4.69) is 15.2 Å². The summed E-state index contributed by atoms with van der Waals surface area (Å²) in [5, 5.41) is 6.97. The van der Waals surface area contributed by atoms with Crippen LogP contribution in [0.15, 0.2) is 28.5 Å². The number of hydrogen-bond donors (Lipinski definition) is 1. The molecule has 0 bridgehead atoms. The highest BCUT2D eigenvalue weighted by Crippen LogP contribution is 2.30. The molecule has 2 rings (SSSR count). The highest BCUT2D eigenvalue weighted by Gasteiger charge is 2.13. The molecule has 0 saturated carbocycles. The highest BCUT2D eigenvalue weighted by molar-refractivity contribution is 7.99. The number of hydrogen-bond acceptors (Lipinski definition) is 4. The molecule has 1 aromatic carbocycles. The standard InChI is InChI=1S/C11H10FN3OS/c1-6-3-10(17-11-13-5-14-15-11)8(7(2)16)4-9(6)12/h3-5H,1-2H3,(H,13,14,15). The van der Waals surface area contributed by atoms with Gasteiger partial charge in [0.25, 0.3) is 0 Å². The van der Waals surface area contributed by atoms with Gasteiger partial charge in [0.2, 0.25) is 0 Å². The van der Waals surface area contributed by atoms with Gasteiger partial charge < -0.3 is 0 Å². The molecule has 1 heterocycles. The summed E-state index contributed by atoms with van der Waals surface area (Å²) in [4.78, 5) is 16.1. The summed E-state index contributed by atoms with van der Waals surface area (Å²) in [6.45, 7) is 3.07. The van der Waals surface area contributed by atoms with E-state index in [-0.39, 0.29) is 11.6 Å². The summed E-state index contributed by atoms with van der Waals surface area (Å²) in [6.07, 6.45) is 1.38. The van der Waals surface area contributed by atoms with E-state index in [9.17, 15) is 9.18 Å². The van der Waals surface area contributed by atoms with Crippen molar-refractivity contribution in [1.29, 1.82) is 0 Å². The van der Waals surface area contributed by atoms with E-state index in [1.807, 2.05) is 0 Å². The number of nitrogens with one attached hydrogen (secondary N) is 1. The van der Waals surface area contributed by atoms with E-state index in [1.54, 1.807) is 13.0 Å². The van der Waals surface area contributed by atoms with Crippen molar-refractivity contribution < 1.29 is 9.18 Å². The number of benzene rings is 1. The average Bonchev–Trinajstić information content (AvgIpc) is 2.75. The fraction of sp³-hybridized carbons (Fsp3) is 0.182. The van der Waals surface area contributed by atoms with Crippen LogP contribution in [-0.4, -0.2) is 21.0 Å². The van der Waals surface area contributed by atoms with E-state index < -0.39 is 0 Å². The zero-order valence-corrected chi connectivity index (χ0v) is 10.1. The first-order valence-electron chi connectivity index (χ1n) is 4.92. The molecular formula is C11H10FN3OS. The van der Waals surface area contributed by atoms with Gasteiger partial charge in [-0.25, -0.2) is 9.37 Å². The molecule has 1 N–H and O–H groups in total. The fourth-order valence-corrected chi connectivity index (χ4v) is 2.32. The quantitative estimate of drug-likeness (QED) is 0.852. The van der Waals surface area contributed by atoms with Crippen LogP contribution in [0.2, 0.25) is 0 Å². The minimum Gasteiger partial charge on any atom is -0.294 e. The van der Waals surface area contributed by atoms with Crippen molar-refractivity contribution in [2.45, 2.75) is 23.9 Å². The van der Waals surface area contributed by atoms with E-state index in [1.165, 1.54) is 31.1 Å². The van der Waals surface area contributed by atoms with Gasteiger partial charge in [0.05, 0.1) is 0 Å². The first kappa shape index (κ1) is 11.8. The minimum atomic E-state index is -0.378. The van der Waals surface area contributed by atoms with Crippen molar-refractivity contribution in [2.24, 2.45) is 0 Å². The predicted octanol–water partition coefficient (Wildman–Crippen LogP) is 2.61. The Bertz CT molecular complexity index is 554. The molecule has 1 aromatic heterocycles. The number of halogens is 1. The molecule has 0 unspecified atom stereocenters. The van der Waals surface area contributed by atoms with Crippen molar-refractivity contribution in [2.75, 3.05) is 0 Å². The number of ketones is 1. The van der Waals surface area contributed by atoms with Gasteiger partial charge in [-0.15, -0.1) is 0 Å². The number of carbonyl (C=O) groups excluding carboxylic acids is 1. The smallest absolute Gasteiger partial charge is 0.188 e. The Morgan fingerprint density at radius 1 is 1.47 bits per heavy atom. The first-order valence-corrected chi connectivity index (χ1v) is 5.74. The molecule has 88 valence electrons. The molecule has 0 saturated heterocycles. The zero-order valence-electron chi connectivity index (χ0n) is 9.32. The van der Waals surface area contributed by atoms with Crippen LogP contribution in [0.1, 0.15) is 22.8 Å². The molecule has 0 amide bonds. The van der Waals surface area contributed by atoms with Gasteiger partial charge in [0.1, 0.15) is 12.1 Å². The number of carbonyl (C=O) groups is 1. The number of rotatable bonds is 3. The lowest BCUT2D eigenvalue weighted by Crippen LogP contribution is -1.98. The third-order valence-electron chi connectivity index (χ3n) is 2.24. The van der Waals surface area contributed by atoms with Crippen molar-refractivity contribution in [3.05, 3.63) is 35.4 Å². The summed E-state index contributed by atoms with van der Waals surface area (Å²) < 4.78 is 13.4. The number of aryl methyl sites for hydroxylation is 1. The lowest BCUT2D eigenvalue weighted by molar-refractivity contribution is 0.101. The van der Waals surface area contributed by atoms with Crippen LogP contribution in [-0.2, 0) is 0 Å². The Balaban J connectivity index is 2.44. The van der Waals surface area contributed by atoms with Crippen molar-refractivity contribution in [3.63, 3.8) is 0 Å². The molecule has 0 spiro atoms. The van der Waals surface area contributed by atoms with Crippen LogP contribution in [0.3, 0.4) is 0 Å². The lowest BCUT2D eigenvalue weighted by Gasteiger charge is -2.07. The summed E-state index contributed by atoms with van der Waals surface area (Å²) in [5.74, 6) is -0.553. The maximum Gasteiger partial charge on any atom is 0.188 e. The highest BCUT2D eigenvalue weighted by atomic mass is 32.2. The molecule has 0 atom stereocenters. The molecule has 0 aliphatic heterocycles. The summed E-state index contributed by atoms with van der Waals surface area (Å²) in [6, 6.07) is 2.90. The van der Waals surface area contributed by atoms with Crippen LogP contribution in [0.25, 0.3) is 0 Å². The predicted molar refractivity (Wildman–Crippen MR) is 61.6 cm³/mol. The lowest BCUT2D eigenvalue weighted by atomic mass is 10.1. The fourth-order valence-electron chi connectivity index (χ4n) is 1.36. The van der Waals surface area contributed by atoms with Crippen LogP contribution >= 0.6 is 11.8 Å². The molecule has 0 radical (unpaired) electrons. The third kappa shape index (κ3) is 2.52. The van der Waals surface area contributed by atoms with Crippen LogP contribution < -0.4 is 0 Å². The van der Waals surface area contributed by atoms with Gasteiger partial charge in [-0.3, -0.25) is 9.89 Å². The van der Waals surface area contributed by atoms with Crippen LogP contribution in [0, 0.1) is 12.7 Å². The molecule has 6 heteroatoms. The normalized spacial score (nSPS) is 10.5. The van der Waals surface area contributed by atoms with Crippen LogP contribution in [0.5, 0.6) is 0 Å². The summed E-state index contributed by atoms with van der Waals surface area (Å²) in [7, 11) is 0. The van der Waals surface area contributed by atoms with E-state index in [4.69, 9.17) is 0 Å². The monoisotopic (exact) mass is 251 g/mol.